The molecule has 4 aromatic rings. The van der Waals surface area contributed by atoms with E-state index < -0.39 is 60.2 Å². The van der Waals surface area contributed by atoms with Crippen molar-refractivity contribution in [2.75, 3.05) is 27.2 Å². The minimum atomic E-state index is -1.32. The smallest absolute Gasteiger partial charge is 0.245 e. The minimum Gasteiger partial charge on any atom is -0.391 e. The molecule has 13 nitrogen and oxygen atoms in total. The number of carbonyl (C=O) groups excluding carboxylic acids is 4. The Bertz CT molecular complexity index is 2270. The van der Waals surface area contributed by atoms with Crippen molar-refractivity contribution in [3.05, 3.63) is 59.2 Å². The first-order valence-electron chi connectivity index (χ1n) is 22.2. The Morgan fingerprint density at radius 2 is 1.44 bits per heavy atom. The van der Waals surface area contributed by atoms with Crippen LogP contribution in [0.3, 0.4) is 0 Å². The second kappa shape index (κ2) is 19.2. The fourth-order valence-corrected chi connectivity index (χ4v) is 9.87. The number of fused-ring (bicyclic) bond motifs is 2. The Labute approximate surface area is 360 Å². The highest BCUT2D eigenvalue weighted by Gasteiger charge is 2.43. The molecule has 7 rings (SSSR count). The summed E-state index contributed by atoms with van der Waals surface area (Å²) in [6.45, 7) is 5.12. The number of aromatic nitrogens is 2. The normalized spacial score (nSPS) is 22.9. The van der Waals surface area contributed by atoms with E-state index in [1.807, 2.05) is 0 Å². The number of aromatic amines is 2. The lowest BCUT2D eigenvalue weighted by atomic mass is 9.83. The lowest BCUT2D eigenvalue weighted by molar-refractivity contribution is -0.139. The summed E-state index contributed by atoms with van der Waals surface area (Å²) in [6.07, 6.45) is 3.25. The lowest BCUT2D eigenvalue weighted by Gasteiger charge is -2.35. The molecule has 16 heteroatoms. The topological polar surface area (TPSA) is 175 Å². The molecule has 4 heterocycles. The summed E-state index contributed by atoms with van der Waals surface area (Å²) >= 11 is 0. The van der Waals surface area contributed by atoms with Crippen LogP contribution in [0.2, 0.25) is 0 Å². The van der Waals surface area contributed by atoms with Crippen LogP contribution in [-0.4, -0.2) is 124 Å². The van der Waals surface area contributed by atoms with E-state index in [0.29, 0.717) is 45.2 Å². The van der Waals surface area contributed by atoms with Gasteiger partial charge in [-0.2, -0.15) is 0 Å². The molecule has 0 radical (unpaired) electrons. The zero-order chi connectivity index (χ0) is 44.4. The van der Waals surface area contributed by atoms with E-state index in [0.717, 1.165) is 32.1 Å². The minimum absolute atomic E-state index is 0.0464. The maximum atomic E-state index is 15.7. The molecule has 8 atom stereocenters. The van der Waals surface area contributed by atoms with Crippen molar-refractivity contribution in [3.8, 4) is 11.4 Å². The molecule has 62 heavy (non-hydrogen) atoms. The third-order valence-electron chi connectivity index (χ3n) is 13.6. The average molecular weight is 863 g/mol. The first-order chi connectivity index (χ1) is 29.7. The van der Waals surface area contributed by atoms with Gasteiger partial charge in [0.2, 0.25) is 23.6 Å². The molecule has 1 aliphatic carbocycles. The van der Waals surface area contributed by atoms with Crippen molar-refractivity contribution < 1.29 is 37.5 Å². The highest BCUT2D eigenvalue weighted by Crippen LogP contribution is 2.41. The number of aliphatic hydroxyl groups is 1. The van der Waals surface area contributed by atoms with Crippen molar-refractivity contribution >= 4 is 45.4 Å². The molecule has 8 unspecified atom stereocenters. The number of likely N-dealkylation sites (N-methyl/N-ethyl adjacent to an activating group) is 2. The number of β-amino-alcohol motifs (C(OH)–C–C–N with tert-alkyl or cyclic N) is 1. The molecule has 1 saturated carbocycles. The van der Waals surface area contributed by atoms with Crippen LogP contribution in [0.5, 0.6) is 0 Å². The van der Waals surface area contributed by atoms with E-state index in [9.17, 15) is 28.7 Å². The second-order valence-corrected chi connectivity index (χ2v) is 17.6. The molecule has 3 aliphatic rings. The number of nitrogens with zero attached hydrogens (tertiary/aromatic N) is 2. The summed E-state index contributed by atoms with van der Waals surface area (Å²) in [5.41, 5.74) is 2.96. The van der Waals surface area contributed by atoms with E-state index in [-0.39, 0.29) is 73.8 Å². The highest BCUT2D eigenvalue weighted by atomic mass is 19.1. The van der Waals surface area contributed by atoms with Gasteiger partial charge >= 0.3 is 0 Å². The van der Waals surface area contributed by atoms with Crippen molar-refractivity contribution in [1.29, 1.82) is 0 Å². The van der Waals surface area contributed by atoms with Gasteiger partial charge in [0, 0.05) is 41.3 Å². The van der Waals surface area contributed by atoms with Gasteiger partial charge in [-0.05, 0) is 108 Å². The van der Waals surface area contributed by atoms with Crippen LogP contribution >= 0.6 is 0 Å². The number of hydrogen-bond donors (Lipinski definition) is 7. The predicted octanol–water partition coefficient (Wildman–Crippen LogP) is 4.76. The van der Waals surface area contributed by atoms with Crippen molar-refractivity contribution in [2.24, 2.45) is 5.92 Å². The van der Waals surface area contributed by atoms with Crippen LogP contribution in [0, 0.1) is 17.6 Å². The fraction of sp³-hybridized carbons (Fsp3) is 0.565. The van der Waals surface area contributed by atoms with E-state index in [2.05, 4.69) is 31.2 Å². The molecular weight excluding hydrogens is 802 g/mol. The number of halogens is 3. The number of benzene rings is 2. The van der Waals surface area contributed by atoms with Crippen LogP contribution in [0.4, 0.5) is 13.2 Å². The lowest BCUT2D eigenvalue weighted by Crippen LogP contribution is -2.56. The van der Waals surface area contributed by atoms with Gasteiger partial charge in [-0.1, -0.05) is 38.3 Å². The Morgan fingerprint density at radius 1 is 0.806 bits per heavy atom. The summed E-state index contributed by atoms with van der Waals surface area (Å²) < 4.78 is 46.4. The number of rotatable bonds is 15. The zero-order valence-corrected chi connectivity index (χ0v) is 36.3. The summed E-state index contributed by atoms with van der Waals surface area (Å²) in [7, 11) is 3.33. The third kappa shape index (κ3) is 9.23. The number of para-hydroxylation sites is 1. The first kappa shape index (κ1) is 45.1. The van der Waals surface area contributed by atoms with Gasteiger partial charge in [0.15, 0.2) is 0 Å². The number of H-pyrrole nitrogens is 2. The Hall–Kier alpha value is -4.93. The van der Waals surface area contributed by atoms with Crippen molar-refractivity contribution in [1.82, 2.24) is 41.0 Å². The van der Waals surface area contributed by atoms with Crippen LogP contribution in [-0.2, 0) is 32.0 Å². The molecule has 336 valence electrons. The molecule has 3 fully saturated rings. The quantitative estimate of drug-likeness (QED) is 0.0903. The van der Waals surface area contributed by atoms with Gasteiger partial charge in [0.1, 0.15) is 29.9 Å². The molecule has 2 saturated heterocycles. The van der Waals surface area contributed by atoms with Gasteiger partial charge in [0.25, 0.3) is 0 Å². The van der Waals surface area contributed by atoms with Crippen molar-refractivity contribution in [2.45, 2.75) is 134 Å². The summed E-state index contributed by atoms with van der Waals surface area (Å²) in [5, 5.41) is 23.9. The van der Waals surface area contributed by atoms with E-state index >= 15 is 8.78 Å². The van der Waals surface area contributed by atoms with E-state index in [1.54, 1.807) is 62.9 Å². The van der Waals surface area contributed by atoms with Crippen LogP contribution in [0.15, 0.2) is 36.4 Å². The number of aliphatic hydroxyl groups excluding tert-OH is 1. The SMILES string of the molecule is CCC(NC(=O)C(C)NC)C(=O)N1CC(O)CC1Cc1c(-c2[nH]c3cc(F)ccc3c2CC2CC(F)CN2C(=O)C(NC(=O)C(C)NC)C2CCCCC2)[nH]c2c(F)cccc12. The third-order valence-corrected chi connectivity index (χ3v) is 13.6. The number of likely N-dealkylation sites (tertiary alicyclic amines) is 2. The van der Waals surface area contributed by atoms with Gasteiger partial charge < -0.3 is 46.1 Å². The maximum absolute atomic E-state index is 15.7. The zero-order valence-electron chi connectivity index (χ0n) is 36.3. The van der Waals surface area contributed by atoms with Gasteiger partial charge in [-0.3, -0.25) is 19.2 Å². The number of carbonyl (C=O) groups is 4. The second-order valence-electron chi connectivity index (χ2n) is 17.6. The van der Waals surface area contributed by atoms with E-state index in [4.69, 9.17) is 0 Å². The Kier molecular flexibility index (Phi) is 14.0. The number of alkyl halides is 1. The Morgan fingerprint density at radius 3 is 2.11 bits per heavy atom. The number of nitrogens with one attached hydrogen (secondary N) is 6. The highest BCUT2D eigenvalue weighted by molar-refractivity contribution is 5.97. The summed E-state index contributed by atoms with van der Waals surface area (Å²) in [6, 6.07) is 5.16. The molecular formula is C46H61F3N8O5. The van der Waals surface area contributed by atoms with Crippen LogP contribution < -0.4 is 21.3 Å². The molecule has 0 spiro atoms. The summed E-state index contributed by atoms with van der Waals surface area (Å²) in [5.74, 6) is -2.40. The molecule has 2 aliphatic heterocycles. The molecule has 2 aromatic heterocycles. The van der Waals surface area contributed by atoms with Crippen LogP contribution in [0.1, 0.15) is 83.3 Å². The first-order valence-corrected chi connectivity index (χ1v) is 22.2. The monoisotopic (exact) mass is 862 g/mol. The number of hydrogen-bond acceptors (Lipinski definition) is 7. The number of amides is 4. The molecule has 4 amide bonds. The van der Waals surface area contributed by atoms with Crippen LogP contribution in [0.25, 0.3) is 33.2 Å². The molecule has 0 bridgehead atoms. The summed E-state index contributed by atoms with van der Waals surface area (Å²) in [4.78, 5) is 64.7. The molecule has 2 aromatic carbocycles. The maximum Gasteiger partial charge on any atom is 0.245 e. The van der Waals surface area contributed by atoms with Gasteiger partial charge in [0.05, 0.1) is 41.6 Å². The van der Waals surface area contributed by atoms with Crippen molar-refractivity contribution in [3.63, 3.8) is 0 Å². The standard InChI is InChI=1S/C46H61F3N8O5/c1-6-37(53-43(59)24(2)50-4)45(61)57-23-31(58)19-30(57)21-35-33-13-10-14-36(49)40(33)54-42(35)41-34(32-16-15-27(47)18-38(32)52-41)20-29-17-28(48)22-56(29)46(62)39(26-11-8-7-9-12-26)55-44(60)25(3)51-5/h10,13-16,18,24-26,28-31,37,39,50-52,54,58H,6-9,11-12,17,19-23H2,1-5H3,(H,53,59)(H,55,60). The largest absolute Gasteiger partial charge is 0.391 e. The van der Waals surface area contributed by atoms with E-state index in [1.165, 1.54) is 18.2 Å². The Balaban J connectivity index is 1.27. The fourth-order valence-electron chi connectivity index (χ4n) is 9.87. The molecule has 7 N–H and O–H groups in total. The average Bonchev–Trinajstić information content (AvgIpc) is 4.03. The van der Waals surface area contributed by atoms with Gasteiger partial charge in [-0.15, -0.1) is 0 Å². The predicted molar refractivity (Wildman–Crippen MR) is 232 cm³/mol. The van der Waals surface area contributed by atoms with Gasteiger partial charge in [-0.25, -0.2) is 13.2 Å².